The van der Waals surface area contributed by atoms with Gasteiger partial charge in [-0.25, -0.2) is 4.52 Å². The normalized spacial score (nSPS) is 15.5. The summed E-state index contributed by atoms with van der Waals surface area (Å²) in [5.74, 6) is -0.0105. The van der Waals surface area contributed by atoms with Gasteiger partial charge in [0.15, 0.2) is 0 Å². The summed E-state index contributed by atoms with van der Waals surface area (Å²) >= 11 is 9.60. The first-order chi connectivity index (χ1) is 12.6. The summed E-state index contributed by atoms with van der Waals surface area (Å²) in [6, 6.07) is 13.5. The number of hydrogen-bond donors (Lipinski definition) is 0. The van der Waals surface area contributed by atoms with Crippen LogP contribution in [-0.2, 0) is 6.54 Å². The largest absolute Gasteiger partial charge is 0.336 e. The van der Waals surface area contributed by atoms with Crippen LogP contribution in [0.5, 0.6) is 0 Å². The van der Waals surface area contributed by atoms with Crippen LogP contribution < -0.4 is 0 Å². The minimum absolute atomic E-state index is 0.0105. The van der Waals surface area contributed by atoms with Gasteiger partial charge in [0.05, 0.1) is 21.8 Å². The van der Waals surface area contributed by atoms with Crippen molar-refractivity contribution in [3.8, 4) is 0 Å². The monoisotopic (exact) mass is 432 g/mol. The van der Waals surface area contributed by atoms with E-state index in [1.54, 1.807) is 12.1 Å². The fourth-order valence-corrected chi connectivity index (χ4v) is 3.80. The first-order valence-electron chi connectivity index (χ1n) is 8.50. The van der Waals surface area contributed by atoms with Crippen LogP contribution in [0.25, 0.3) is 5.52 Å². The predicted octanol–water partition coefficient (Wildman–Crippen LogP) is 3.71. The lowest BCUT2D eigenvalue weighted by molar-refractivity contribution is 0.0627. The fraction of sp³-hybridized carbons (Fsp3) is 0.263. The molecule has 3 heterocycles. The van der Waals surface area contributed by atoms with Gasteiger partial charge in [0, 0.05) is 43.4 Å². The topological polar surface area (TPSA) is 40.9 Å². The van der Waals surface area contributed by atoms with Gasteiger partial charge in [-0.05, 0) is 36.4 Å². The molecule has 0 N–H and O–H groups in total. The Kier molecular flexibility index (Phi) is 4.98. The van der Waals surface area contributed by atoms with Crippen molar-refractivity contribution in [2.24, 2.45) is 0 Å². The number of hydrogen-bond acceptors (Lipinski definition) is 3. The number of rotatable bonds is 3. The molecule has 1 aromatic carbocycles. The molecule has 134 valence electrons. The quantitative estimate of drug-likeness (QED) is 0.632. The number of aromatic nitrogens is 2. The van der Waals surface area contributed by atoms with Crippen molar-refractivity contribution in [3.05, 3.63) is 69.4 Å². The summed E-state index contributed by atoms with van der Waals surface area (Å²) in [7, 11) is 0. The summed E-state index contributed by atoms with van der Waals surface area (Å²) in [5, 5.41) is 5.09. The van der Waals surface area contributed by atoms with Gasteiger partial charge in [-0.2, -0.15) is 5.10 Å². The molecule has 0 radical (unpaired) electrons. The third-order valence-corrected chi connectivity index (χ3v) is 5.45. The number of carbonyl (C=O) groups excluding carboxylic acids is 1. The number of piperazine rings is 1. The molecule has 1 aliphatic rings. The van der Waals surface area contributed by atoms with Gasteiger partial charge in [-0.15, -0.1) is 0 Å². The molecule has 0 bridgehead atoms. The molecule has 4 rings (SSSR count). The number of fused-ring (bicyclic) bond motifs is 1. The van der Waals surface area contributed by atoms with Crippen LogP contribution in [0.4, 0.5) is 0 Å². The summed E-state index contributed by atoms with van der Waals surface area (Å²) in [5.41, 5.74) is 2.70. The Bertz CT molecular complexity index is 917. The second kappa shape index (κ2) is 7.39. The first kappa shape index (κ1) is 17.5. The van der Waals surface area contributed by atoms with E-state index in [4.69, 9.17) is 11.6 Å². The Morgan fingerprint density at radius 1 is 1.12 bits per heavy atom. The van der Waals surface area contributed by atoms with Crippen molar-refractivity contribution in [3.63, 3.8) is 0 Å². The highest BCUT2D eigenvalue weighted by atomic mass is 79.9. The average Bonchev–Trinajstić information content (AvgIpc) is 3.06. The molecule has 26 heavy (non-hydrogen) atoms. The number of benzene rings is 1. The fourth-order valence-electron chi connectivity index (χ4n) is 3.24. The zero-order valence-electron chi connectivity index (χ0n) is 14.1. The zero-order valence-corrected chi connectivity index (χ0v) is 16.4. The van der Waals surface area contributed by atoms with E-state index < -0.39 is 0 Å². The summed E-state index contributed by atoms with van der Waals surface area (Å²) in [4.78, 5) is 16.9. The van der Waals surface area contributed by atoms with Gasteiger partial charge in [-0.3, -0.25) is 9.69 Å². The molecule has 5 nitrogen and oxygen atoms in total. The van der Waals surface area contributed by atoms with E-state index in [0.717, 1.165) is 35.3 Å². The Morgan fingerprint density at radius 2 is 1.92 bits per heavy atom. The molecular weight excluding hydrogens is 416 g/mol. The van der Waals surface area contributed by atoms with Crippen LogP contribution in [0.15, 0.2) is 53.1 Å². The number of carbonyl (C=O) groups is 1. The molecule has 1 saturated heterocycles. The van der Waals surface area contributed by atoms with Crippen molar-refractivity contribution in [1.29, 1.82) is 0 Å². The molecule has 7 heteroatoms. The lowest BCUT2D eigenvalue weighted by Gasteiger charge is -2.34. The van der Waals surface area contributed by atoms with Gasteiger partial charge >= 0.3 is 0 Å². The summed E-state index contributed by atoms with van der Waals surface area (Å²) in [6.07, 6.45) is 1.96. The van der Waals surface area contributed by atoms with Gasteiger partial charge < -0.3 is 4.90 Å². The van der Waals surface area contributed by atoms with Gasteiger partial charge in [0.1, 0.15) is 0 Å². The maximum atomic E-state index is 12.7. The second-order valence-electron chi connectivity index (χ2n) is 6.40. The molecule has 0 saturated carbocycles. The molecule has 0 unspecified atom stereocenters. The Hall–Kier alpha value is -1.89. The van der Waals surface area contributed by atoms with E-state index in [0.29, 0.717) is 23.7 Å². The number of amides is 1. The first-order valence-corrected chi connectivity index (χ1v) is 9.67. The standard InChI is InChI=1S/C19H18BrClN4O/c20-14-4-5-18(21)17(11-14)19(26)24-9-7-23(8-10-24)13-15-12-16-3-1-2-6-25(16)22-15/h1-6,11-12H,7-10,13H2. The molecule has 0 spiro atoms. The smallest absolute Gasteiger partial charge is 0.255 e. The number of halogens is 2. The SMILES string of the molecule is O=C(c1cc(Br)ccc1Cl)N1CCN(Cc2cc3ccccn3n2)CC1. The highest BCUT2D eigenvalue weighted by Gasteiger charge is 2.24. The van der Waals surface area contributed by atoms with Crippen molar-refractivity contribution >= 4 is 39.0 Å². The van der Waals surface area contributed by atoms with E-state index in [9.17, 15) is 4.79 Å². The Balaban J connectivity index is 1.39. The molecule has 2 aromatic heterocycles. The van der Waals surface area contributed by atoms with E-state index in [1.165, 1.54) is 0 Å². The molecule has 1 amide bonds. The minimum atomic E-state index is -0.0105. The molecule has 0 aliphatic carbocycles. The molecule has 1 fully saturated rings. The van der Waals surface area contributed by atoms with Crippen LogP contribution in [0.2, 0.25) is 5.02 Å². The lowest BCUT2D eigenvalue weighted by Crippen LogP contribution is -2.48. The van der Waals surface area contributed by atoms with Crippen LogP contribution in [0.1, 0.15) is 16.1 Å². The maximum Gasteiger partial charge on any atom is 0.255 e. The average molecular weight is 434 g/mol. The number of nitrogens with zero attached hydrogens (tertiary/aromatic N) is 4. The minimum Gasteiger partial charge on any atom is -0.336 e. The molecule has 0 atom stereocenters. The third-order valence-electron chi connectivity index (χ3n) is 4.62. The summed E-state index contributed by atoms with van der Waals surface area (Å²) in [6.45, 7) is 3.82. The van der Waals surface area contributed by atoms with E-state index >= 15 is 0 Å². The van der Waals surface area contributed by atoms with Crippen LogP contribution >= 0.6 is 27.5 Å². The van der Waals surface area contributed by atoms with Crippen molar-refractivity contribution in [2.45, 2.75) is 6.54 Å². The highest BCUT2D eigenvalue weighted by molar-refractivity contribution is 9.10. The van der Waals surface area contributed by atoms with Crippen molar-refractivity contribution < 1.29 is 4.79 Å². The van der Waals surface area contributed by atoms with Crippen LogP contribution in [0, 0.1) is 0 Å². The van der Waals surface area contributed by atoms with E-state index in [2.05, 4.69) is 38.1 Å². The van der Waals surface area contributed by atoms with Crippen molar-refractivity contribution in [1.82, 2.24) is 19.4 Å². The predicted molar refractivity (Wildman–Crippen MR) is 106 cm³/mol. The lowest BCUT2D eigenvalue weighted by atomic mass is 10.1. The molecular formula is C19H18BrClN4O. The van der Waals surface area contributed by atoms with E-state index in [-0.39, 0.29) is 5.91 Å². The third kappa shape index (κ3) is 3.63. The highest BCUT2D eigenvalue weighted by Crippen LogP contribution is 2.23. The summed E-state index contributed by atoms with van der Waals surface area (Å²) < 4.78 is 2.75. The van der Waals surface area contributed by atoms with E-state index in [1.807, 2.05) is 33.8 Å². The van der Waals surface area contributed by atoms with Gasteiger partial charge in [0.25, 0.3) is 5.91 Å². The Labute approximate surface area is 165 Å². The van der Waals surface area contributed by atoms with Gasteiger partial charge in [-0.1, -0.05) is 33.6 Å². The van der Waals surface area contributed by atoms with Gasteiger partial charge in [0.2, 0.25) is 0 Å². The maximum absolute atomic E-state index is 12.7. The van der Waals surface area contributed by atoms with Crippen molar-refractivity contribution in [2.75, 3.05) is 26.2 Å². The molecule has 3 aromatic rings. The second-order valence-corrected chi connectivity index (χ2v) is 7.72. The number of pyridine rings is 1. The van der Waals surface area contributed by atoms with Crippen LogP contribution in [0.3, 0.4) is 0 Å². The Morgan fingerprint density at radius 3 is 2.69 bits per heavy atom. The zero-order chi connectivity index (χ0) is 18.1. The molecule has 1 aliphatic heterocycles. The van der Waals surface area contributed by atoms with Crippen LogP contribution in [-0.4, -0.2) is 51.5 Å².